The maximum atomic E-state index is 5.91. The van der Waals surface area contributed by atoms with Crippen LogP contribution in [0.4, 0.5) is 0 Å². The fourth-order valence-electron chi connectivity index (χ4n) is 1.58. The largest absolute Gasteiger partial charge is 0.452 e. The molecule has 0 radical (unpaired) electrons. The van der Waals surface area contributed by atoms with Crippen molar-refractivity contribution in [2.75, 3.05) is 6.54 Å². The first kappa shape index (κ1) is 12.5. The molecular formula is C11H14ClN3OS. The van der Waals surface area contributed by atoms with E-state index >= 15 is 0 Å². The molecule has 0 saturated carbocycles. The Morgan fingerprint density at radius 3 is 2.88 bits per heavy atom. The molecule has 0 spiro atoms. The number of nitrogens with zero attached hydrogens (tertiary/aromatic N) is 2. The number of hydrogen-bond donors (Lipinski definition) is 1. The van der Waals surface area contributed by atoms with Gasteiger partial charge in [0.25, 0.3) is 0 Å². The van der Waals surface area contributed by atoms with Gasteiger partial charge in [0, 0.05) is 0 Å². The smallest absolute Gasteiger partial charge is 0.203 e. The average molecular weight is 272 g/mol. The zero-order valence-electron chi connectivity index (χ0n) is 9.74. The van der Waals surface area contributed by atoms with Crippen LogP contribution < -0.4 is 5.32 Å². The normalized spacial score (nSPS) is 12.9. The lowest BCUT2D eigenvalue weighted by Gasteiger charge is -2.10. The van der Waals surface area contributed by atoms with Crippen LogP contribution in [0.2, 0.25) is 5.22 Å². The Hall–Kier alpha value is -0.910. The molecule has 2 heterocycles. The van der Waals surface area contributed by atoms with E-state index in [4.69, 9.17) is 16.0 Å². The van der Waals surface area contributed by atoms with Gasteiger partial charge in [-0.05, 0) is 30.6 Å². The molecule has 0 aliphatic rings. The summed E-state index contributed by atoms with van der Waals surface area (Å²) in [5.41, 5.74) is 0.807. The Morgan fingerprint density at radius 1 is 1.47 bits per heavy atom. The summed E-state index contributed by atoms with van der Waals surface area (Å²) in [7, 11) is 0. The first-order chi connectivity index (χ1) is 8.26. The standard InChI is InChI=1S/C11H14ClN3OS/c1-3-8(13-4-2)11-15-14-10(17-11)7-5-6-16-9(7)12/h5-6,8,13H,3-4H2,1-2H3. The minimum atomic E-state index is 0.261. The third-order valence-electron chi connectivity index (χ3n) is 2.45. The van der Waals surface area contributed by atoms with Crippen molar-refractivity contribution in [3.05, 3.63) is 22.6 Å². The molecule has 0 aliphatic carbocycles. The Kier molecular flexibility index (Phi) is 4.15. The van der Waals surface area contributed by atoms with E-state index in [1.54, 1.807) is 23.7 Å². The molecule has 1 unspecified atom stereocenters. The quantitative estimate of drug-likeness (QED) is 0.904. The van der Waals surface area contributed by atoms with Gasteiger partial charge in [-0.1, -0.05) is 25.2 Å². The summed E-state index contributed by atoms with van der Waals surface area (Å²) in [4.78, 5) is 0. The molecule has 0 fully saturated rings. The molecular weight excluding hydrogens is 258 g/mol. The molecule has 1 N–H and O–H groups in total. The van der Waals surface area contributed by atoms with Crippen molar-refractivity contribution < 1.29 is 4.42 Å². The topological polar surface area (TPSA) is 51.0 Å². The van der Waals surface area contributed by atoms with Gasteiger partial charge in [0.05, 0.1) is 17.9 Å². The zero-order chi connectivity index (χ0) is 12.3. The van der Waals surface area contributed by atoms with Crippen molar-refractivity contribution in [1.29, 1.82) is 0 Å². The molecule has 2 rings (SSSR count). The maximum absolute atomic E-state index is 5.91. The van der Waals surface area contributed by atoms with Crippen LogP contribution in [0.3, 0.4) is 0 Å². The number of nitrogens with one attached hydrogen (secondary N) is 1. The second-order valence-electron chi connectivity index (χ2n) is 3.57. The molecule has 0 aliphatic heterocycles. The Bertz CT molecular complexity index is 483. The Balaban J connectivity index is 2.24. The second-order valence-corrected chi connectivity index (χ2v) is 4.92. The molecule has 0 amide bonds. The van der Waals surface area contributed by atoms with E-state index in [2.05, 4.69) is 29.4 Å². The van der Waals surface area contributed by atoms with Crippen molar-refractivity contribution in [3.63, 3.8) is 0 Å². The molecule has 2 aromatic heterocycles. The van der Waals surface area contributed by atoms with E-state index < -0.39 is 0 Å². The monoisotopic (exact) mass is 271 g/mol. The molecule has 1 atom stereocenters. The summed E-state index contributed by atoms with van der Waals surface area (Å²) in [6, 6.07) is 2.07. The van der Waals surface area contributed by atoms with Crippen LogP contribution in [-0.2, 0) is 0 Å². The van der Waals surface area contributed by atoms with E-state index in [0.717, 1.165) is 28.5 Å². The van der Waals surface area contributed by atoms with Crippen LogP contribution in [-0.4, -0.2) is 16.7 Å². The highest BCUT2D eigenvalue weighted by Gasteiger charge is 2.17. The second kappa shape index (κ2) is 5.62. The van der Waals surface area contributed by atoms with Gasteiger partial charge < -0.3 is 9.73 Å². The molecule has 6 heteroatoms. The summed E-state index contributed by atoms with van der Waals surface area (Å²) < 4.78 is 5.05. The van der Waals surface area contributed by atoms with Crippen molar-refractivity contribution in [2.45, 2.75) is 26.3 Å². The number of halogens is 1. The van der Waals surface area contributed by atoms with Crippen LogP contribution >= 0.6 is 22.9 Å². The first-order valence-electron chi connectivity index (χ1n) is 5.56. The van der Waals surface area contributed by atoms with Crippen molar-refractivity contribution in [3.8, 4) is 10.6 Å². The SMILES string of the molecule is CCNC(CC)c1nnc(-c2ccoc2Cl)s1. The highest BCUT2D eigenvalue weighted by atomic mass is 35.5. The summed E-state index contributed by atoms with van der Waals surface area (Å²) in [5.74, 6) is 0. The fourth-order valence-corrected chi connectivity index (χ4v) is 2.87. The molecule has 0 saturated heterocycles. The number of hydrogen-bond acceptors (Lipinski definition) is 5. The highest BCUT2D eigenvalue weighted by Crippen LogP contribution is 2.33. The average Bonchev–Trinajstić information content (AvgIpc) is 2.94. The third kappa shape index (κ3) is 2.68. The van der Waals surface area contributed by atoms with Gasteiger partial charge >= 0.3 is 0 Å². The van der Waals surface area contributed by atoms with E-state index in [1.165, 1.54) is 0 Å². The predicted molar refractivity (Wildman–Crippen MR) is 69.3 cm³/mol. The lowest BCUT2D eigenvalue weighted by Crippen LogP contribution is -2.19. The summed E-state index contributed by atoms with van der Waals surface area (Å²) >= 11 is 7.46. The highest BCUT2D eigenvalue weighted by molar-refractivity contribution is 7.14. The van der Waals surface area contributed by atoms with Gasteiger partial charge in [-0.25, -0.2) is 0 Å². The fraction of sp³-hybridized carbons (Fsp3) is 0.455. The first-order valence-corrected chi connectivity index (χ1v) is 6.75. The molecule has 2 aromatic rings. The number of aromatic nitrogens is 2. The zero-order valence-corrected chi connectivity index (χ0v) is 11.3. The molecule has 17 heavy (non-hydrogen) atoms. The Morgan fingerprint density at radius 2 is 2.29 bits per heavy atom. The van der Waals surface area contributed by atoms with Gasteiger partial charge in [0.15, 0.2) is 5.01 Å². The lowest BCUT2D eigenvalue weighted by atomic mass is 10.2. The van der Waals surface area contributed by atoms with E-state index in [0.29, 0.717) is 5.22 Å². The summed E-state index contributed by atoms with van der Waals surface area (Å²) in [6.45, 7) is 5.12. The number of rotatable bonds is 5. The van der Waals surface area contributed by atoms with E-state index in [-0.39, 0.29) is 6.04 Å². The van der Waals surface area contributed by atoms with E-state index in [9.17, 15) is 0 Å². The van der Waals surface area contributed by atoms with Crippen molar-refractivity contribution in [1.82, 2.24) is 15.5 Å². The van der Waals surface area contributed by atoms with Crippen LogP contribution in [0.25, 0.3) is 10.6 Å². The summed E-state index contributed by atoms with van der Waals surface area (Å²) in [5, 5.41) is 13.9. The minimum absolute atomic E-state index is 0.261. The van der Waals surface area contributed by atoms with Gasteiger partial charge in [-0.15, -0.1) is 10.2 Å². The van der Waals surface area contributed by atoms with Crippen LogP contribution in [0.5, 0.6) is 0 Å². The lowest BCUT2D eigenvalue weighted by molar-refractivity contribution is 0.531. The molecule has 0 bridgehead atoms. The molecule has 4 nitrogen and oxygen atoms in total. The van der Waals surface area contributed by atoms with Crippen molar-refractivity contribution in [2.24, 2.45) is 0 Å². The number of furan rings is 1. The van der Waals surface area contributed by atoms with Gasteiger partial charge in [-0.3, -0.25) is 0 Å². The van der Waals surface area contributed by atoms with Crippen molar-refractivity contribution >= 4 is 22.9 Å². The molecule has 0 aromatic carbocycles. The molecule has 92 valence electrons. The maximum Gasteiger partial charge on any atom is 0.203 e. The summed E-state index contributed by atoms with van der Waals surface area (Å²) in [6.07, 6.45) is 2.54. The van der Waals surface area contributed by atoms with E-state index in [1.807, 2.05) is 0 Å². The van der Waals surface area contributed by atoms with Gasteiger partial charge in [-0.2, -0.15) is 0 Å². The Labute approximate surface area is 109 Å². The minimum Gasteiger partial charge on any atom is -0.452 e. The van der Waals surface area contributed by atoms with Gasteiger partial charge in [0.2, 0.25) is 5.22 Å². The van der Waals surface area contributed by atoms with Crippen LogP contribution in [0.15, 0.2) is 16.7 Å². The van der Waals surface area contributed by atoms with Crippen LogP contribution in [0.1, 0.15) is 31.3 Å². The van der Waals surface area contributed by atoms with Gasteiger partial charge in [0.1, 0.15) is 5.01 Å². The van der Waals surface area contributed by atoms with Crippen LogP contribution in [0, 0.1) is 0 Å². The predicted octanol–water partition coefficient (Wildman–Crippen LogP) is 3.51. The third-order valence-corrected chi connectivity index (χ3v) is 3.81.